The van der Waals surface area contributed by atoms with Gasteiger partial charge in [0.1, 0.15) is 11.6 Å². The van der Waals surface area contributed by atoms with Crippen LogP contribution in [0.15, 0.2) is 34.7 Å². The van der Waals surface area contributed by atoms with Gasteiger partial charge in [-0.2, -0.15) is 8.42 Å². The van der Waals surface area contributed by atoms with E-state index in [-0.39, 0.29) is 22.1 Å². The second-order valence-electron chi connectivity index (χ2n) is 5.31. The highest BCUT2D eigenvalue weighted by molar-refractivity contribution is 7.85. The Morgan fingerprint density at radius 1 is 1.33 bits per heavy atom. The predicted octanol–water partition coefficient (Wildman–Crippen LogP) is 1.27. The lowest BCUT2D eigenvalue weighted by Gasteiger charge is -2.17. The maximum atomic E-state index is 13.4. The van der Waals surface area contributed by atoms with E-state index in [1.54, 1.807) is 0 Å². The van der Waals surface area contributed by atoms with Crippen molar-refractivity contribution in [2.24, 2.45) is 5.73 Å². The van der Waals surface area contributed by atoms with Gasteiger partial charge in [-0.1, -0.05) is 12.1 Å². The number of hydroxylamine groups is 2. The molecule has 0 aliphatic carbocycles. The van der Waals surface area contributed by atoms with Gasteiger partial charge in [0.05, 0.1) is 11.9 Å². The van der Waals surface area contributed by atoms with Crippen LogP contribution in [-0.4, -0.2) is 37.5 Å². The van der Waals surface area contributed by atoms with E-state index in [1.807, 2.05) is 0 Å². The molecule has 0 saturated carbocycles. The van der Waals surface area contributed by atoms with Crippen molar-refractivity contribution in [3.05, 3.63) is 41.9 Å². The highest BCUT2D eigenvalue weighted by Gasteiger charge is 2.30. The molecule has 0 bridgehead atoms. The summed E-state index contributed by atoms with van der Waals surface area (Å²) in [6.45, 7) is 1.17. The van der Waals surface area contributed by atoms with Crippen LogP contribution in [0.3, 0.4) is 0 Å². The van der Waals surface area contributed by atoms with Gasteiger partial charge in [0.15, 0.2) is 0 Å². The number of furan rings is 1. The first kappa shape index (κ1) is 20.1. The number of amides is 2. The van der Waals surface area contributed by atoms with E-state index in [0.717, 1.165) is 6.07 Å². The van der Waals surface area contributed by atoms with E-state index in [2.05, 4.69) is 9.60 Å². The SMILES string of the molecule is CC(=O)Nc1cc(-c2cccc(F)c2)oc1C(=O)N(OS(C)(=O)=O)C(=N)N. The summed E-state index contributed by atoms with van der Waals surface area (Å²) in [7, 11) is -4.20. The van der Waals surface area contributed by atoms with Gasteiger partial charge >= 0.3 is 5.91 Å². The van der Waals surface area contributed by atoms with Crippen molar-refractivity contribution < 1.29 is 31.1 Å². The molecule has 144 valence electrons. The molecule has 0 unspecified atom stereocenters. The van der Waals surface area contributed by atoms with Gasteiger partial charge in [0.25, 0.3) is 10.1 Å². The Balaban J connectivity index is 2.54. The van der Waals surface area contributed by atoms with E-state index in [9.17, 15) is 22.4 Å². The number of carbonyl (C=O) groups is 2. The molecule has 0 aliphatic heterocycles. The fraction of sp³-hybridized carbons (Fsp3) is 0.133. The highest BCUT2D eigenvalue weighted by atomic mass is 32.2. The molecule has 2 amide bonds. The highest BCUT2D eigenvalue weighted by Crippen LogP contribution is 2.30. The normalized spacial score (nSPS) is 11.1. The molecule has 0 saturated heterocycles. The molecule has 1 aromatic heterocycles. The van der Waals surface area contributed by atoms with Crippen molar-refractivity contribution >= 4 is 33.6 Å². The molecular weight excluding hydrogens is 383 g/mol. The molecular formula is C15H15FN4O6S. The minimum atomic E-state index is -4.20. The summed E-state index contributed by atoms with van der Waals surface area (Å²) in [5.41, 5.74) is 5.30. The van der Waals surface area contributed by atoms with Crippen LogP contribution in [0.25, 0.3) is 11.3 Å². The summed E-state index contributed by atoms with van der Waals surface area (Å²) >= 11 is 0. The maximum Gasteiger partial charge on any atom is 0.323 e. The Hall–Kier alpha value is -3.25. The van der Waals surface area contributed by atoms with Crippen LogP contribution in [-0.2, 0) is 19.2 Å². The molecule has 1 aromatic carbocycles. The standard InChI is InChI=1S/C15H15FN4O6S/c1-8(21)19-11-7-12(9-4-3-5-10(16)6-9)25-13(11)14(22)20(15(17)18)26-27(2,23)24/h3-7H,1-2H3,(H3,17,18)(H,19,21). The van der Waals surface area contributed by atoms with E-state index in [1.165, 1.54) is 31.2 Å². The molecule has 4 N–H and O–H groups in total. The smallest absolute Gasteiger partial charge is 0.323 e. The largest absolute Gasteiger partial charge is 0.449 e. The van der Waals surface area contributed by atoms with Gasteiger partial charge in [-0.15, -0.1) is 9.35 Å². The summed E-state index contributed by atoms with van der Waals surface area (Å²) in [5.74, 6) is -3.99. The number of benzene rings is 1. The molecule has 12 heteroatoms. The molecule has 10 nitrogen and oxygen atoms in total. The fourth-order valence-corrected chi connectivity index (χ4v) is 2.45. The molecule has 0 atom stereocenters. The van der Waals surface area contributed by atoms with Crippen molar-refractivity contribution in [1.82, 2.24) is 5.06 Å². The van der Waals surface area contributed by atoms with E-state index < -0.39 is 39.5 Å². The lowest BCUT2D eigenvalue weighted by Crippen LogP contribution is -2.42. The molecule has 1 heterocycles. The first-order valence-corrected chi connectivity index (χ1v) is 9.05. The van der Waals surface area contributed by atoms with E-state index in [4.69, 9.17) is 15.6 Å². The number of guanidine groups is 1. The summed E-state index contributed by atoms with van der Waals surface area (Å²) in [6, 6.07) is 6.46. The number of hydrogen-bond acceptors (Lipinski definition) is 7. The lowest BCUT2D eigenvalue weighted by atomic mass is 10.1. The van der Waals surface area contributed by atoms with Crippen molar-refractivity contribution in [3.8, 4) is 11.3 Å². The Labute approximate surface area is 153 Å². The molecule has 0 radical (unpaired) electrons. The topological polar surface area (TPSA) is 156 Å². The van der Waals surface area contributed by atoms with E-state index >= 15 is 0 Å². The van der Waals surface area contributed by atoms with Gasteiger partial charge in [-0.25, -0.2) is 4.39 Å². The fourth-order valence-electron chi connectivity index (χ4n) is 2.03. The number of nitrogens with zero attached hydrogens (tertiary/aromatic N) is 1. The van der Waals surface area contributed by atoms with Crippen LogP contribution in [0, 0.1) is 11.2 Å². The average Bonchev–Trinajstić information content (AvgIpc) is 2.94. The van der Waals surface area contributed by atoms with Crippen LogP contribution in [0.2, 0.25) is 0 Å². The monoisotopic (exact) mass is 398 g/mol. The third-order valence-electron chi connectivity index (χ3n) is 2.96. The van der Waals surface area contributed by atoms with Crippen LogP contribution in [0.5, 0.6) is 0 Å². The number of carbonyl (C=O) groups excluding carboxylic acids is 2. The van der Waals surface area contributed by atoms with Gasteiger partial charge in [0.2, 0.25) is 17.6 Å². The zero-order valence-electron chi connectivity index (χ0n) is 14.1. The Bertz CT molecular complexity index is 1020. The number of halogens is 1. The Morgan fingerprint density at radius 2 is 2.00 bits per heavy atom. The van der Waals surface area contributed by atoms with Gasteiger partial charge in [-0.05, 0) is 12.1 Å². The number of anilines is 1. The predicted molar refractivity (Wildman–Crippen MR) is 92.4 cm³/mol. The van der Waals surface area contributed by atoms with Crippen molar-refractivity contribution in [1.29, 1.82) is 5.41 Å². The second-order valence-corrected chi connectivity index (χ2v) is 6.87. The quantitative estimate of drug-likeness (QED) is 0.389. The summed E-state index contributed by atoms with van der Waals surface area (Å²) in [5, 5.41) is 9.64. The van der Waals surface area contributed by atoms with Crippen molar-refractivity contribution in [3.63, 3.8) is 0 Å². The van der Waals surface area contributed by atoms with Crippen LogP contribution < -0.4 is 11.1 Å². The molecule has 0 fully saturated rings. The summed E-state index contributed by atoms with van der Waals surface area (Å²) < 4.78 is 45.8. The van der Waals surface area contributed by atoms with Crippen LogP contribution in [0.1, 0.15) is 17.5 Å². The third-order valence-corrected chi connectivity index (χ3v) is 3.38. The third kappa shape index (κ3) is 5.12. The Kier molecular flexibility index (Phi) is 5.61. The molecule has 2 rings (SSSR count). The van der Waals surface area contributed by atoms with Gasteiger partial charge in [-0.3, -0.25) is 15.0 Å². The van der Waals surface area contributed by atoms with Gasteiger partial charge < -0.3 is 15.5 Å². The minimum Gasteiger partial charge on any atom is -0.449 e. The zero-order valence-corrected chi connectivity index (χ0v) is 15.0. The zero-order chi connectivity index (χ0) is 20.4. The number of nitrogens with one attached hydrogen (secondary N) is 2. The molecule has 0 aliphatic rings. The number of hydrogen-bond donors (Lipinski definition) is 3. The molecule has 27 heavy (non-hydrogen) atoms. The summed E-state index contributed by atoms with van der Waals surface area (Å²) in [6.07, 6.45) is 0.644. The number of rotatable bonds is 5. The molecule has 0 spiro atoms. The van der Waals surface area contributed by atoms with Crippen LogP contribution >= 0.6 is 0 Å². The van der Waals surface area contributed by atoms with Crippen LogP contribution in [0.4, 0.5) is 10.1 Å². The maximum absolute atomic E-state index is 13.4. The minimum absolute atomic E-state index is 0.00413. The average molecular weight is 398 g/mol. The molecule has 2 aromatic rings. The van der Waals surface area contributed by atoms with Gasteiger partial charge in [0, 0.05) is 18.6 Å². The first-order chi connectivity index (χ1) is 12.5. The van der Waals surface area contributed by atoms with Crippen molar-refractivity contribution in [2.45, 2.75) is 6.92 Å². The second kappa shape index (κ2) is 7.55. The number of nitrogens with two attached hydrogens (primary N) is 1. The van der Waals surface area contributed by atoms with E-state index in [0.29, 0.717) is 6.26 Å². The van der Waals surface area contributed by atoms with Crippen molar-refractivity contribution in [2.75, 3.05) is 11.6 Å². The Morgan fingerprint density at radius 3 is 2.52 bits per heavy atom. The summed E-state index contributed by atoms with van der Waals surface area (Å²) in [4.78, 5) is 24.0. The first-order valence-electron chi connectivity index (χ1n) is 7.23. The lowest BCUT2D eigenvalue weighted by molar-refractivity contribution is -0.114.